The van der Waals surface area contributed by atoms with Gasteiger partial charge in [-0.2, -0.15) is 4.31 Å². The lowest BCUT2D eigenvalue weighted by molar-refractivity contribution is -0.141. The van der Waals surface area contributed by atoms with E-state index in [0.717, 1.165) is 4.31 Å². The molecule has 0 heterocycles. The average Bonchev–Trinajstić information content (AvgIpc) is 2.01. The second-order valence-electron chi connectivity index (χ2n) is 3.95. The number of aliphatic carboxylic acids is 1. The third kappa shape index (κ3) is 4.17. The zero-order valence-corrected chi connectivity index (χ0v) is 10.4. The van der Waals surface area contributed by atoms with Crippen LogP contribution in [0.25, 0.3) is 0 Å². The largest absolute Gasteiger partial charge is 0.480 e. The van der Waals surface area contributed by atoms with E-state index >= 15 is 0 Å². The molecular weight excluding hydrogens is 218 g/mol. The number of hydrogen-bond acceptors (Lipinski definition) is 3. The number of sulfonamides is 1. The summed E-state index contributed by atoms with van der Waals surface area (Å²) in [6.07, 6.45) is 0.267. The van der Waals surface area contributed by atoms with Crippen molar-refractivity contribution >= 4 is 16.0 Å². The summed E-state index contributed by atoms with van der Waals surface area (Å²) in [5.41, 5.74) is 0. The molecule has 0 aromatic rings. The first kappa shape index (κ1) is 14.4. The van der Waals surface area contributed by atoms with Crippen LogP contribution in [0.3, 0.4) is 0 Å². The molecule has 0 fully saturated rings. The zero-order chi connectivity index (χ0) is 12.2. The van der Waals surface area contributed by atoms with Crippen LogP contribution in [-0.2, 0) is 14.8 Å². The van der Waals surface area contributed by atoms with Crippen LogP contribution in [0.2, 0.25) is 0 Å². The number of rotatable bonds is 6. The molecule has 0 rings (SSSR count). The third-order valence-corrected chi connectivity index (χ3v) is 4.31. The molecule has 0 saturated carbocycles. The van der Waals surface area contributed by atoms with Crippen LogP contribution in [0.4, 0.5) is 0 Å². The molecule has 0 aliphatic carbocycles. The van der Waals surface area contributed by atoms with Crippen molar-refractivity contribution in [2.24, 2.45) is 5.92 Å². The molecule has 1 atom stereocenters. The van der Waals surface area contributed by atoms with Gasteiger partial charge in [-0.3, -0.25) is 4.79 Å². The molecule has 90 valence electrons. The van der Waals surface area contributed by atoms with E-state index in [9.17, 15) is 13.2 Å². The van der Waals surface area contributed by atoms with E-state index < -0.39 is 22.0 Å². The Bertz CT molecular complexity index is 310. The SMILES string of the molecule is CCC(C(=O)O)N(C)S(=O)(=O)CC(C)C. The standard InChI is InChI=1S/C9H19NO4S/c1-5-8(9(11)12)10(4)15(13,14)6-7(2)3/h7-8H,5-6H2,1-4H3,(H,11,12). The van der Waals surface area contributed by atoms with Gasteiger partial charge < -0.3 is 5.11 Å². The van der Waals surface area contributed by atoms with Gasteiger partial charge in [0.05, 0.1) is 5.75 Å². The maximum atomic E-state index is 11.7. The molecule has 0 aliphatic rings. The molecule has 0 amide bonds. The lowest BCUT2D eigenvalue weighted by Crippen LogP contribution is -2.43. The quantitative estimate of drug-likeness (QED) is 0.740. The smallest absolute Gasteiger partial charge is 0.321 e. The van der Waals surface area contributed by atoms with Gasteiger partial charge in [0.25, 0.3) is 0 Å². The second-order valence-corrected chi connectivity index (χ2v) is 6.02. The number of nitrogens with zero attached hydrogens (tertiary/aromatic N) is 1. The van der Waals surface area contributed by atoms with Gasteiger partial charge in [-0.1, -0.05) is 20.8 Å². The number of likely N-dealkylation sites (N-methyl/N-ethyl adjacent to an activating group) is 1. The topological polar surface area (TPSA) is 74.7 Å². The van der Waals surface area contributed by atoms with Crippen LogP contribution in [0.5, 0.6) is 0 Å². The highest BCUT2D eigenvalue weighted by molar-refractivity contribution is 7.89. The maximum absolute atomic E-state index is 11.7. The second kappa shape index (κ2) is 5.46. The summed E-state index contributed by atoms with van der Waals surface area (Å²) in [4.78, 5) is 10.8. The van der Waals surface area contributed by atoms with Crippen LogP contribution in [0.15, 0.2) is 0 Å². The fraction of sp³-hybridized carbons (Fsp3) is 0.889. The lowest BCUT2D eigenvalue weighted by Gasteiger charge is -2.23. The van der Waals surface area contributed by atoms with Crippen molar-refractivity contribution in [3.8, 4) is 0 Å². The monoisotopic (exact) mass is 237 g/mol. The van der Waals surface area contributed by atoms with Gasteiger partial charge in [-0.15, -0.1) is 0 Å². The van der Waals surface area contributed by atoms with Crippen molar-refractivity contribution in [3.05, 3.63) is 0 Å². The van der Waals surface area contributed by atoms with Crippen molar-refractivity contribution in [3.63, 3.8) is 0 Å². The Balaban J connectivity index is 4.81. The summed E-state index contributed by atoms with van der Waals surface area (Å²) in [7, 11) is -2.14. The Morgan fingerprint density at radius 3 is 2.13 bits per heavy atom. The van der Waals surface area contributed by atoms with E-state index in [2.05, 4.69) is 0 Å². The molecule has 0 radical (unpaired) electrons. The summed E-state index contributed by atoms with van der Waals surface area (Å²) in [6.45, 7) is 5.22. The number of carbonyl (C=O) groups is 1. The van der Waals surface area contributed by atoms with Gasteiger partial charge in [-0.05, 0) is 12.3 Å². The van der Waals surface area contributed by atoms with E-state index in [4.69, 9.17) is 5.11 Å². The molecule has 1 unspecified atom stereocenters. The Kier molecular flexibility index (Phi) is 5.23. The molecule has 0 aliphatic heterocycles. The van der Waals surface area contributed by atoms with E-state index in [1.807, 2.05) is 0 Å². The summed E-state index contributed by atoms with van der Waals surface area (Å²) < 4.78 is 24.4. The molecule has 1 N–H and O–H groups in total. The van der Waals surface area contributed by atoms with Crippen LogP contribution in [0, 0.1) is 5.92 Å². The average molecular weight is 237 g/mol. The third-order valence-electron chi connectivity index (χ3n) is 2.09. The van der Waals surface area contributed by atoms with Crippen molar-refractivity contribution in [2.75, 3.05) is 12.8 Å². The summed E-state index contributed by atoms with van der Waals surface area (Å²) >= 11 is 0. The molecule has 0 spiro atoms. The number of hydrogen-bond donors (Lipinski definition) is 1. The Hall–Kier alpha value is -0.620. The molecule has 0 bridgehead atoms. The van der Waals surface area contributed by atoms with Gasteiger partial charge in [0.1, 0.15) is 6.04 Å². The van der Waals surface area contributed by atoms with Crippen LogP contribution >= 0.6 is 0 Å². The molecule has 15 heavy (non-hydrogen) atoms. The molecule has 0 saturated heterocycles. The van der Waals surface area contributed by atoms with Crippen LogP contribution in [-0.4, -0.2) is 42.6 Å². The van der Waals surface area contributed by atoms with Crippen LogP contribution < -0.4 is 0 Å². The minimum atomic E-state index is -3.46. The lowest BCUT2D eigenvalue weighted by atomic mass is 10.2. The highest BCUT2D eigenvalue weighted by atomic mass is 32.2. The predicted molar refractivity (Wildman–Crippen MR) is 58.1 cm³/mol. The van der Waals surface area contributed by atoms with Gasteiger partial charge in [0.15, 0.2) is 0 Å². The molecule has 0 aromatic heterocycles. The summed E-state index contributed by atoms with van der Waals surface area (Å²) in [6, 6.07) is -0.964. The van der Waals surface area contributed by atoms with Gasteiger partial charge in [-0.25, -0.2) is 8.42 Å². The Labute approximate surface area is 91.1 Å². The van der Waals surface area contributed by atoms with Gasteiger partial charge in [0, 0.05) is 7.05 Å². The summed E-state index contributed by atoms with van der Waals surface area (Å²) in [5, 5.41) is 8.84. The Morgan fingerprint density at radius 2 is 1.87 bits per heavy atom. The number of carboxylic acids is 1. The first-order valence-electron chi connectivity index (χ1n) is 4.90. The van der Waals surface area contributed by atoms with E-state index in [-0.39, 0.29) is 18.1 Å². The normalized spacial score (nSPS) is 14.5. The van der Waals surface area contributed by atoms with Gasteiger partial charge in [0.2, 0.25) is 10.0 Å². The molecule has 6 heteroatoms. The highest BCUT2D eigenvalue weighted by Crippen LogP contribution is 2.11. The van der Waals surface area contributed by atoms with Crippen molar-refractivity contribution in [1.82, 2.24) is 4.31 Å². The van der Waals surface area contributed by atoms with E-state index in [1.165, 1.54) is 7.05 Å². The molecule has 5 nitrogen and oxygen atoms in total. The predicted octanol–water partition coefficient (Wildman–Crippen LogP) is 0.767. The van der Waals surface area contributed by atoms with Crippen molar-refractivity contribution < 1.29 is 18.3 Å². The van der Waals surface area contributed by atoms with Crippen molar-refractivity contribution in [1.29, 1.82) is 0 Å². The van der Waals surface area contributed by atoms with Crippen LogP contribution in [0.1, 0.15) is 27.2 Å². The zero-order valence-electron chi connectivity index (χ0n) is 9.60. The minimum Gasteiger partial charge on any atom is -0.480 e. The maximum Gasteiger partial charge on any atom is 0.321 e. The minimum absolute atomic E-state index is 0.0104. The fourth-order valence-electron chi connectivity index (χ4n) is 1.32. The van der Waals surface area contributed by atoms with E-state index in [0.29, 0.717) is 0 Å². The first-order chi connectivity index (χ1) is 6.72. The first-order valence-corrected chi connectivity index (χ1v) is 6.51. The number of carboxylic acid groups (broad SMARTS) is 1. The Morgan fingerprint density at radius 1 is 1.40 bits per heavy atom. The summed E-state index contributed by atoms with van der Waals surface area (Å²) in [5.74, 6) is -1.14. The van der Waals surface area contributed by atoms with E-state index in [1.54, 1.807) is 20.8 Å². The fourth-order valence-corrected chi connectivity index (χ4v) is 3.02. The molecular formula is C9H19NO4S. The van der Waals surface area contributed by atoms with Crippen molar-refractivity contribution in [2.45, 2.75) is 33.2 Å². The highest BCUT2D eigenvalue weighted by Gasteiger charge is 2.30. The van der Waals surface area contributed by atoms with Gasteiger partial charge >= 0.3 is 5.97 Å². The molecule has 0 aromatic carbocycles.